The van der Waals surface area contributed by atoms with Crippen molar-refractivity contribution in [2.24, 2.45) is 11.8 Å². The second-order valence-corrected chi connectivity index (χ2v) is 12.1. The molecule has 0 unspecified atom stereocenters. The van der Waals surface area contributed by atoms with Crippen LogP contribution >= 0.6 is 0 Å². The molecular formula is C34H32FN3O4. The second kappa shape index (κ2) is 9.89. The number of halogens is 1. The van der Waals surface area contributed by atoms with E-state index in [0.29, 0.717) is 11.3 Å². The number of amides is 5. The van der Waals surface area contributed by atoms with Crippen molar-refractivity contribution in [2.75, 3.05) is 4.90 Å². The molecule has 0 radical (unpaired) electrons. The number of rotatable bonds is 5. The van der Waals surface area contributed by atoms with Crippen molar-refractivity contribution in [1.29, 1.82) is 0 Å². The molecule has 0 spiro atoms. The standard InChI is InChI=1S/C34H32FN3O4/c1-21-12-18-26(19-13-21)37-32(41)34(20-22-8-4-2-5-9-22)28-27(30(39)36(31(28)40)25-10-6-3-7-11-25)29(38(34)33(37)42)23-14-16-24(35)17-15-23/h2,4-5,8-9,12-19,25,27-29H,3,6-7,10-11,20H2,1H3/t27-,28-,29-,34-/m1/s1. The lowest BCUT2D eigenvalue weighted by molar-refractivity contribution is -0.147. The molecule has 5 amide bonds. The third-order valence-electron chi connectivity index (χ3n) is 9.68. The molecule has 0 N–H and O–H groups in total. The molecule has 3 aromatic carbocycles. The quantitative estimate of drug-likeness (QED) is 0.299. The van der Waals surface area contributed by atoms with Crippen molar-refractivity contribution in [3.63, 3.8) is 0 Å². The highest BCUT2D eigenvalue weighted by Gasteiger charge is 2.77. The van der Waals surface area contributed by atoms with Gasteiger partial charge in [0.2, 0.25) is 11.8 Å². The summed E-state index contributed by atoms with van der Waals surface area (Å²) in [5.74, 6) is -3.68. The zero-order valence-corrected chi connectivity index (χ0v) is 23.4. The number of anilines is 1. The molecule has 3 heterocycles. The maximum Gasteiger partial charge on any atom is 0.332 e. The largest absolute Gasteiger partial charge is 0.332 e. The molecule has 1 saturated carbocycles. The normalized spacial score (nSPS) is 27.7. The number of carbonyl (C=O) groups is 4. The number of nitrogens with zero attached hydrogens (tertiary/aromatic N) is 3. The Hall–Kier alpha value is -4.33. The SMILES string of the molecule is Cc1ccc(N2C(=O)N3[C@H](c4ccc(F)cc4)[C@@H]4C(=O)N(C5CCCCC5)C(=O)[C@@H]4[C@]3(Cc3ccccc3)C2=O)cc1. The predicted octanol–water partition coefficient (Wildman–Crippen LogP) is 5.57. The third kappa shape index (κ3) is 3.77. The molecule has 7 nitrogen and oxygen atoms in total. The molecule has 3 aliphatic heterocycles. The van der Waals surface area contributed by atoms with Crippen LogP contribution in [0.5, 0.6) is 0 Å². The average Bonchev–Trinajstić information content (AvgIpc) is 3.52. The number of aryl methyl sites for hydroxylation is 1. The van der Waals surface area contributed by atoms with Crippen LogP contribution in [0.15, 0.2) is 78.9 Å². The summed E-state index contributed by atoms with van der Waals surface area (Å²) in [6.07, 6.45) is 4.46. The van der Waals surface area contributed by atoms with Crippen LogP contribution in [0.2, 0.25) is 0 Å². The van der Waals surface area contributed by atoms with E-state index in [4.69, 9.17) is 0 Å². The molecule has 8 heteroatoms. The van der Waals surface area contributed by atoms with Crippen molar-refractivity contribution in [1.82, 2.24) is 9.80 Å². The van der Waals surface area contributed by atoms with E-state index in [0.717, 1.165) is 48.1 Å². The third-order valence-corrected chi connectivity index (χ3v) is 9.68. The number of hydrogen-bond acceptors (Lipinski definition) is 4. The Kier molecular flexibility index (Phi) is 6.26. The number of fused-ring (bicyclic) bond motifs is 3. The number of carbonyl (C=O) groups excluding carboxylic acids is 4. The highest BCUT2D eigenvalue weighted by Crippen LogP contribution is 2.60. The van der Waals surface area contributed by atoms with Gasteiger partial charge in [0.1, 0.15) is 11.4 Å². The fraction of sp³-hybridized carbons (Fsp3) is 0.353. The highest BCUT2D eigenvalue weighted by atomic mass is 19.1. The van der Waals surface area contributed by atoms with Gasteiger partial charge in [-0.3, -0.25) is 19.3 Å². The van der Waals surface area contributed by atoms with Crippen LogP contribution in [0.3, 0.4) is 0 Å². The lowest BCUT2D eigenvalue weighted by atomic mass is 9.75. The Morgan fingerprint density at radius 3 is 2.14 bits per heavy atom. The van der Waals surface area contributed by atoms with Gasteiger partial charge in [-0.05, 0) is 55.2 Å². The Morgan fingerprint density at radius 1 is 0.810 bits per heavy atom. The molecule has 4 atom stereocenters. The van der Waals surface area contributed by atoms with E-state index in [1.54, 1.807) is 24.3 Å². The zero-order valence-electron chi connectivity index (χ0n) is 23.4. The number of urea groups is 1. The molecule has 214 valence electrons. The first-order chi connectivity index (χ1) is 20.3. The number of hydrogen-bond donors (Lipinski definition) is 0. The van der Waals surface area contributed by atoms with Crippen LogP contribution in [-0.4, -0.2) is 45.1 Å². The Morgan fingerprint density at radius 2 is 1.48 bits per heavy atom. The fourth-order valence-electron chi connectivity index (χ4n) is 7.82. The molecule has 0 aromatic heterocycles. The minimum atomic E-state index is -1.62. The van der Waals surface area contributed by atoms with Crippen LogP contribution in [0.1, 0.15) is 54.8 Å². The molecule has 3 aromatic rings. The van der Waals surface area contributed by atoms with Gasteiger partial charge in [-0.15, -0.1) is 0 Å². The van der Waals surface area contributed by atoms with E-state index < -0.39 is 41.2 Å². The smallest absolute Gasteiger partial charge is 0.300 e. The summed E-state index contributed by atoms with van der Waals surface area (Å²) in [7, 11) is 0. The van der Waals surface area contributed by atoms with E-state index in [2.05, 4.69) is 0 Å². The number of benzene rings is 3. The molecule has 7 rings (SSSR count). The van der Waals surface area contributed by atoms with Crippen LogP contribution in [-0.2, 0) is 20.8 Å². The van der Waals surface area contributed by atoms with E-state index in [9.17, 15) is 23.6 Å². The molecule has 42 heavy (non-hydrogen) atoms. The van der Waals surface area contributed by atoms with Crippen molar-refractivity contribution in [2.45, 2.75) is 63.1 Å². The Balaban J connectivity index is 1.45. The van der Waals surface area contributed by atoms with Crippen LogP contribution in [0, 0.1) is 24.6 Å². The minimum Gasteiger partial charge on any atom is -0.300 e. The van der Waals surface area contributed by atoms with Gasteiger partial charge in [0.15, 0.2) is 0 Å². The summed E-state index contributed by atoms with van der Waals surface area (Å²) < 4.78 is 14.1. The Labute approximate surface area is 243 Å². The van der Waals surface area contributed by atoms with Crippen LogP contribution in [0.25, 0.3) is 0 Å². The van der Waals surface area contributed by atoms with Gasteiger partial charge in [0, 0.05) is 12.5 Å². The summed E-state index contributed by atoms with van der Waals surface area (Å²) >= 11 is 0. The van der Waals surface area contributed by atoms with Crippen molar-refractivity contribution >= 4 is 29.4 Å². The predicted molar refractivity (Wildman–Crippen MR) is 154 cm³/mol. The van der Waals surface area contributed by atoms with E-state index >= 15 is 0 Å². The first-order valence-electron chi connectivity index (χ1n) is 14.7. The average molecular weight is 566 g/mol. The number of likely N-dealkylation sites (tertiary alicyclic amines) is 1. The summed E-state index contributed by atoms with van der Waals surface area (Å²) in [4.78, 5) is 62.3. The molecule has 3 saturated heterocycles. The molecule has 4 fully saturated rings. The summed E-state index contributed by atoms with van der Waals surface area (Å²) in [5.41, 5.74) is 1.07. The van der Waals surface area contributed by atoms with Gasteiger partial charge >= 0.3 is 6.03 Å². The maximum atomic E-state index is 14.8. The van der Waals surface area contributed by atoms with Crippen LogP contribution < -0.4 is 4.90 Å². The molecule has 0 bridgehead atoms. The first-order valence-corrected chi connectivity index (χ1v) is 14.7. The van der Waals surface area contributed by atoms with Gasteiger partial charge in [-0.1, -0.05) is 79.4 Å². The lowest BCUT2D eigenvalue weighted by Gasteiger charge is -2.37. The van der Waals surface area contributed by atoms with E-state index in [1.807, 2.05) is 49.4 Å². The van der Waals surface area contributed by atoms with Crippen molar-refractivity contribution in [3.05, 3.63) is 101 Å². The maximum absolute atomic E-state index is 14.8. The first kappa shape index (κ1) is 26.6. The Bertz CT molecular complexity index is 1570. The molecule has 4 aliphatic rings. The van der Waals surface area contributed by atoms with Gasteiger partial charge in [-0.25, -0.2) is 14.1 Å². The van der Waals surface area contributed by atoms with Crippen LogP contribution in [0.4, 0.5) is 14.9 Å². The minimum absolute atomic E-state index is 0.0805. The topological polar surface area (TPSA) is 78.0 Å². The highest BCUT2D eigenvalue weighted by molar-refractivity contribution is 6.27. The van der Waals surface area contributed by atoms with Gasteiger partial charge < -0.3 is 4.90 Å². The summed E-state index contributed by atoms with van der Waals surface area (Å²) in [5, 5.41) is 0. The van der Waals surface area contributed by atoms with Crippen molar-refractivity contribution < 1.29 is 23.6 Å². The van der Waals surface area contributed by atoms with Gasteiger partial charge in [0.05, 0.1) is 23.6 Å². The van der Waals surface area contributed by atoms with Crippen molar-refractivity contribution in [3.8, 4) is 0 Å². The summed E-state index contributed by atoms with van der Waals surface area (Å²) in [6, 6.07) is 20.4. The summed E-state index contributed by atoms with van der Waals surface area (Å²) in [6.45, 7) is 1.92. The van der Waals surface area contributed by atoms with E-state index in [1.165, 1.54) is 21.9 Å². The fourth-order valence-corrected chi connectivity index (χ4v) is 7.82. The molecular weight excluding hydrogens is 533 g/mol. The second-order valence-electron chi connectivity index (χ2n) is 12.1. The zero-order chi connectivity index (χ0) is 29.2. The molecule has 1 aliphatic carbocycles. The monoisotopic (exact) mass is 565 g/mol. The lowest BCUT2D eigenvalue weighted by Crippen LogP contribution is -2.56. The number of imide groups is 2. The van der Waals surface area contributed by atoms with Gasteiger partial charge in [0.25, 0.3) is 5.91 Å². The van der Waals surface area contributed by atoms with E-state index in [-0.39, 0.29) is 24.3 Å². The van der Waals surface area contributed by atoms with Gasteiger partial charge in [-0.2, -0.15) is 0 Å².